The summed E-state index contributed by atoms with van der Waals surface area (Å²) in [5, 5.41) is 0. The molecule has 4 nitrogen and oxygen atoms in total. The number of carbonyl (C=O) groups excluding carboxylic acids is 2. The van der Waals surface area contributed by atoms with Gasteiger partial charge in [-0.1, -0.05) is 0 Å². The van der Waals surface area contributed by atoms with Crippen LogP contribution < -0.4 is 0 Å². The summed E-state index contributed by atoms with van der Waals surface area (Å²) in [5.74, 6) is -0.794. The number of Topliss-reactive ketones (excluding diaryl/α,β-unsaturated/α-hetero) is 1. The number of nitrogens with zero attached hydrogens (tertiary/aromatic N) is 1. The van der Waals surface area contributed by atoms with E-state index >= 15 is 0 Å². The zero-order chi connectivity index (χ0) is 7.84. The highest BCUT2D eigenvalue weighted by atomic mass is 16.3. The lowest BCUT2D eigenvalue weighted by molar-refractivity contribution is -0.111. The quantitative estimate of drug-likeness (QED) is 0.502. The van der Waals surface area contributed by atoms with E-state index < -0.39 is 11.6 Å². The lowest BCUT2D eigenvalue weighted by atomic mass is 10.1. The van der Waals surface area contributed by atoms with Gasteiger partial charge in [0.05, 0.1) is 0 Å². The molecule has 1 aromatic rings. The molecule has 4 heteroatoms. The maximum absolute atomic E-state index is 11.0. The minimum atomic E-state index is -0.601. The number of aromatic nitrogens is 1. The largest absolute Gasteiger partial charge is 0.443 e. The van der Waals surface area contributed by atoms with Gasteiger partial charge in [-0.15, -0.1) is 0 Å². The maximum atomic E-state index is 11.0. The highest BCUT2D eigenvalue weighted by molar-refractivity contribution is 6.49. The number of hydrogen-bond donors (Lipinski definition) is 0. The van der Waals surface area contributed by atoms with Gasteiger partial charge in [0, 0.05) is 0 Å². The Morgan fingerprint density at radius 3 is 2.91 bits per heavy atom. The topological polar surface area (TPSA) is 60.2 Å². The highest BCUT2D eigenvalue weighted by Gasteiger charge is 2.24. The number of carbonyl (C=O) groups is 2. The Kier molecular flexibility index (Phi) is 1.03. The third-order valence-electron chi connectivity index (χ3n) is 1.42. The second-order valence-electron chi connectivity index (χ2n) is 2.09. The predicted octanol–water partition coefficient (Wildman–Crippen LogP) is 0.453. The van der Waals surface area contributed by atoms with Crippen LogP contribution in [-0.2, 0) is 4.79 Å². The summed E-state index contributed by atoms with van der Waals surface area (Å²) in [7, 11) is 0. The van der Waals surface area contributed by atoms with Gasteiger partial charge in [-0.25, -0.2) is 4.98 Å². The molecule has 0 radical (unpaired) electrons. The Bertz CT molecular complexity index is 362. The molecule has 0 aliphatic heterocycles. The molecule has 0 fully saturated rings. The fourth-order valence-corrected chi connectivity index (χ4v) is 0.888. The van der Waals surface area contributed by atoms with Gasteiger partial charge < -0.3 is 4.42 Å². The number of ketones is 2. The van der Waals surface area contributed by atoms with Gasteiger partial charge in [0.25, 0.3) is 5.78 Å². The summed E-state index contributed by atoms with van der Waals surface area (Å²) in [5.41, 5.74) is 0.109. The van der Waals surface area contributed by atoms with Crippen LogP contribution in [0.25, 0.3) is 6.08 Å². The molecule has 0 N–H and O–H groups in total. The van der Waals surface area contributed by atoms with E-state index in [2.05, 4.69) is 4.98 Å². The van der Waals surface area contributed by atoms with Crippen LogP contribution in [-0.4, -0.2) is 16.6 Å². The summed E-state index contributed by atoms with van der Waals surface area (Å²) in [4.78, 5) is 25.3. The van der Waals surface area contributed by atoms with Crippen LogP contribution in [0.3, 0.4) is 0 Å². The van der Waals surface area contributed by atoms with Crippen molar-refractivity contribution in [3.05, 3.63) is 23.9 Å². The zero-order valence-electron chi connectivity index (χ0n) is 5.40. The van der Waals surface area contributed by atoms with Crippen molar-refractivity contribution < 1.29 is 14.0 Å². The lowest BCUT2D eigenvalue weighted by Crippen LogP contribution is -2.15. The van der Waals surface area contributed by atoms with E-state index in [-0.39, 0.29) is 5.69 Å². The van der Waals surface area contributed by atoms with Gasteiger partial charge in [0.15, 0.2) is 17.8 Å². The SMILES string of the molecule is O=C1C=Cc2ocnc2C1=O. The minimum Gasteiger partial charge on any atom is -0.443 e. The zero-order valence-corrected chi connectivity index (χ0v) is 5.40. The first-order valence-electron chi connectivity index (χ1n) is 2.99. The number of fused-ring (bicyclic) bond motifs is 1. The molecular weight excluding hydrogens is 146 g/mol. The molecule has 54 valence electrons. The van der Waals surface area contributed by atoms with Crippen molar-refractivity contribution in [3.63, 3.8) is 0 Å². The van der Waals surface area contributed by atoms with Gasteiger partial charge in [0.2, 0.25) is 5.78 Å². The number of rotatable bonds is 0. The van der Waals surface area contributed by atoms with E-state index in [9.17, 15) is 9.59 Å². The molecule has 0 aromatic carbocycles. The van der Waals surface area contributed by atoms with Gasteiger partial charge >= 0.3 is 0 Å². The van der Waals surface area contributed by atoms with Crippen LogP contribution in [0.4, 0.5) is 0 Å². The molecule has 0 bridgehead atoms. The molecule has 1 aromatic heterocycles. The first-order chi connectivity index (χ1) is 5.29. The van der Waals surface area contributed by atoms with Crippen LogP contribution in [0.15, 0.2) is 16.9 Å². The van der Waals surface area contributed by atoms with Gasteiger partial charge in [-0.05, 0) is 12.2 Å². The first-order valence-corrected chi connectivity index (χ1v) is 2.99. The Hall–Kier alpha value is -1.71. The summed E-state index contributed by atoms with van der Waals surface area (Å²) >= 11 is 0. The summed E-state index contributed by atoms with van der Waals surface area (Å²) < 4.78 is 4.80. The molecule has 11 heavy (non-hydrogen) atoms. The van der Waals surface area contributed by atoms with E-state index in [1.165, 1.54) is 12.2 Å². The van der Waals surface area contributed by atoms with Crippen molar-refractivity contribution in [2.24, 2.45) is 0 Å². The van der Waals surface area contributed by atoms with Crippen molar-refractivity contribution >= 4 is 17.6 Å². The van der Waals surface area contributed by atoms with E-state index in [1.807, 2.05) is 0 Å². The molecule has 0 atom stereocenters. The first kappa shape index (κ1) is 6.03. The smallest absolute Gasteiger partial charge is 0.255 e. The Balaban J connectivity index is 2.66. The molecule has 0 spiro atoms. The lowest BCUT2D eigenvalue weighted by Gasteiger charge is -1.96. The van der Waals surface area contributed by atoms with E-state index in [1.54, 1.807) is 0 Å². The second kappa shape index (κ2) is 1.88. The molecule has 0 amide bonds. The normalized spacial score (nSPS) is 15.3. The van der Waals surface area contributed by atoms with Gasteiger partial charge in [-0.3, -0.25) is 9.59 Å². The van der Waals surface area contributed by atoms with E-state index in [4.69, 9.17) is 4.42 Å². The Morgan fingerprint density at radius 1 is 1.27 bits per heavy atom. The fraction of sp³-hybridized carbons (Fsp3) is 0. The fourth-order valence-electron chi connectivity index (χ4n) is 0.888. The predicted molar refractivity (Wildman–Crippen MR) is 34.9 cm³/mol. The standard InChI is InChI=1S/C7H3NO3/c9-4-1-2-5-6(7(4)10)8-3-11-5/h1-3H. The monoisotopic (exact) mass is 149 g/mol. The second-order valence-corrected chi connectivity index (χ2v) is 2.09. The maximum Gasteiger partial charge on any atom is 0.255 e. The summed E-state index contributed by atoms with van der Waals surface area (Å²) in [6, 6.07) is 0. The van der Waals surface area contributed by atoms with Crippen LogP contribution in [0.2, 0.25) is 0 Å². The summed E-state index contributed by atoms with van der Waals surface area (Å²) in [6.07, 6.45) is 3.76. The van der Waals surface area contributed by atoms with Crippen molar-refractivity contribution in [2.75, 3.05) is 0 Å². The van der Waals surface area contributed by atoms with Crippen molar-refractivity contribution in [3.8, 4) is 0 Å². The van der Waals surface area contributed by atoms with Crippen LogP contribution in [0.1, 0.15) is 16.2 Å². The third kappa shape index (κ3) is 0.724. The average Bonchev–Trinajstić information content (AvgIpc) is 2.45. The minimum absolute atomic E-state index is 0.109. The Morgan fingerprint density at radius 2 is 2.09 bits per heavy atom. The van der Waals surface area contributed by atoms with Gasteiger partial charge in [0.1, 0.15) is 0 Å². The molecule has 0 unspecified atom stereocenters. The van der Waals surface area contributed by atoms with Crippen molar-refractivity contribution in [2.45, 2.75) is 0 Å². The van der Waals surface area contributed by atoms with Gasteiger partial charge in [-0.2, -0.15) is 0 Å². The van der Waals surface area contributed by atoms with Crippen molar-refractivity contribution in [1.29, 1.82) is 0 Å². The molecule has 2 rings (SSSR count). The summed E-state index contributed by atoms with van der Waals surface area (Å²) in [6.45, 7) is 0. The number of oxazole rings is 1. The van der Waals surface area contributed by atoms with Crippen LogP contribution >= 0.6 is 0 Å². The molecule has 0 saturated carbocycles. The number of allylic oxidation sites excluding steroid dienone is 1. The molecule has 0 saturated heterocycles. The molecule has 1 aliphatic rings. The molecule has 1 heterocycles. The number of hydrogen-bond acceptors (Lipinski definition) is 4. The highest BCUT2D eigenvalue weighted by Crippen LogP contribution is 2.14. The van der Waals surface area contributed by atoms with E-state index in [0.29, 0.717) is 5.76 Å². The average molecular weight is 149 g/mol. The Labute approximate surface area is 61.5 Å². The van der Waals surface area contributed by atoms with Crippen LogP contribution in [0.5, 0.6) is 0 Å². The third-order valence-corrected chi connectivity index (χ3v) is 1.42. The van der Waals surface area contributed by atoms with E-state index in [0.717, 1.165) is 6.39 Å². The molecular formula is C7H3NO3. The van der Waals surface area contributed by atoms with Crippen molar-refractivity contribution in [1.82, 2.24) is 4.98 Å². The molecule has 1 aliphatic carbocycles. The van der Waals surface area contributed by atoms with Crippen LogP contribution in [0, 0.1) is 0 Å².